The molecule has 0 fully saturated rings. The van der Waals surface area contributed by atoms with E-state index < -0.39 is 58.3 Å². The van der Waals surface area contributed by atoms with Gasteiger partial charge in [-0.15, -0.1) is 13.2 Å². The normalized spacial score (nSPS) is 11.8. The van der Waals surface area contributed by atoms with E-state index in [-0.39, 0.29) is 5.75 Å². The van der Waals surface area contributed by atoms with E-state index in [9.17, 15) is 35.5 Å². The Hall–Kier alpha value is -3.18. The van der Waals surface area contributed by atoms with E-state index in [1.165, 1.54) is 0 Å². The van der Waals surface area contributed by atoms with Crippen molar-refractivity contribution < 1.29 is 54.5 Å². The van der Waals surface area contributed by atoms with E-state index >= 15 is 0 Å². The molecule has 0 radical (unpaired) electrons. The van der Waals surface area contributed by atoms with Crippen LogP contribution in [0.4, 0.5) is 30.7 Å². The quantitative estimate of drug-likeness (QED) is 0.443. The van der Waals surface area contributed by atoms with Gasteiger partial charge in [-0.3, -0.25) is 0 Å². The predicted molar refractivity (Wildman–Crippen MR) is 87.2 cm³/mol. The number of rotatable bonds is 5. The number of alkyl halides is 6. The molecule has 0 aromatic heterocycles. The lowest BCUT2D eigenvalue weighted by Crippen LogP contribution is -2.17. The molecule has 0 saturated carbocycles. The van der Waals surface area contributed by atoms with Crippen molar-refractivity contribution in [2.45, 2.75) is 19.5 Å². The Kier molecular flexibility index (Phi) is 6.38. The van der Waals surface area contributed by atoms with Gasteiger partial charge in [0.2, 0.25) is 0 Å². The average molecular weight is 442 g/mol. The topological polar surface area (TPSA) is 54.0 Å². The van der Waals surface area contributed by atoms with Gasteiger partial charge in [0.05, 0.1) is 19.8 Å². The number of hydrogen-bond donors (Lipinski definition) is 0. The number of carbonyl (C=O) groups excluding carboxylic acids is 1. The second-order valence-electron chi connectivity index (χ2n) is 5.69. The van der Waals surface area contributed by atoms with Crippen molar-refractivity contribution in [2.75, 3.05) is 14.2 Å². The maximum absolute atomic E-state index is 14.6. The first kappa shape index (κ1) is 23.1. The highest BCUT2D eigenvalue weighted by Crippen LogP contribution is 2.42. The number of carbonyl (C=O) groups is 1. The van der Waals surface area contributed by atoms with Gasteiger partial charge >= 0.3 is 18.5 Å². The fourth-order valence-electron chi connectivity index (χ4n) is 2.44. The Morgan fingerprint density at radius 3 is 2.07 bits per heavy atom. The van der Waals surface area contributed by atoms with E-state index in [2.05, 4.69) is 9.47 Å². The Balaban J connectivity index is 2.61. The number of halogens is 7. The molecule has 12 heteroatoms. The number of esters is 1. The highest BCUT2D eigenvalue weighted by molar-refractivity contribution is 5.93. The lowest BCUT2D eigenvalue weighted by Gasteiger charge is -2.18. The van der Waals surface area contributed by atoms with Crippen LogP contribution in [0, 0.1) is 12.7 Å². The molecular formula is C18H13F7O5. The molecule has 0 atom stereocenters. The fraction of sp³-hybridized carbons (Fsp3) is 0.278. The predicted octanol–water partition coefficient (Wildman–Crippen LogP) is 5.64. The molecule has 0 bridgehead atoms. The van der Waals surface area contributed by atoms with Crippen molar-refractivity contribution >= 4 is 5.97 Å². The first-order valence-electron chi connectivity index (χ1n) is 7.88. The van der Waals surface area contributed by atoms with Gasteiger partial charge in [-0.05, 0) is 30.7 Å². The van der Waals surface area contributed by atoms with E-state index in [4.69, 9.17) is 9.47 Å². The third-order valence-corrected chi connectivity index (χ3v) is 3.76. The summed E-state index contributed by atoms with van der Waals surface area (Å²) < 4.78 is 109. The molecule has 0 amide bonds. The summed E-state index contributed by atoms with van der Waals surface area (Å²) in [5, 5.41) is 0. The number of ether oxygens (including phenoxy) is 4. The largest absolute Gasteiger partial charge is 0.573 e. The monoisotopic (exact) mass is 442 g/mol. The highest BCUT2D eigenvalue weighted by Gasteiger charge is 2.37. The average Bonchev–Trinajstić information content (AvgIpc) is 2.63. The fourth-order valence-corrected chi connectivity index (χ4v) is 2.44. The minimum absolute atomic E-state index is 0.379. The number of benzene rings is 2. The summed E-state index contributed by atoms with van der Waals surface area (Å²) in [5.74, 6) is -5.22. The second kappa shape index (κ2) is 8.28. The van der Waals surface area contributed by atoms with E-state index in [0.29, 0.717) is 6.07 Å². The summed E-state index contributed by atoms with van der Waals surface area (Å²) in [6.45, 7) is 0.818. The Morgan fingerprint density at radius 2 is 1.57 bits per heavy atom. The molecule has 2 rings (SSSR count). The van der Waals surface area contributed by atoms with Gasteiger partial charge in [0.1, 0.15) is 22.9 Å². The second-order valence-corrected chi connectivity index (χ2v) is 5.69. The SMILES string of the molecule is COC(=O)c1c(Oc2ccc(OC(F)(F)F)cc2OC)cc(C(F)(F)F)c(C)c1F. The van der Waals surface area contributed by atoms with E-state index in [0.717, 1.165) is 39.3 Å². The molecule has 0 N–H and O–H groups in total. The summed E-state index contributed by atoms with van der Waals surface area (Å²) >= 11 is 0. The molecule has 5 nitrogen and oxygen atoms in total. The van der Waals surface area contributed by atoms with Crippen LogP contribution in [0.2, 0.25) is 0 Å². The minimum Gasteiger partial charge on any atom is -0.493 e. The van der Waals surface area contributed by atoms with Crippen LogP contribution >= 0.6 is 0 Å². The van der Waals surface area contributed by atoms with Crippen molar-refractivity contribution in [3.8, 4) is 23.0 Å². The standard InChI is InChI=1S/C18H13F7O5/c1-8-10(17(20,21)22)7-13(14(15(8)19)16(26)28-3)29-11-5-4-9(6-12(11)27-2)30-18(23,24)25/h4-7H,1-3H3. The molecular weight excluding hydrogens is 429 g/mol. The lowest BCUT2D eigenvalue weighted by molar-refractivity contribution is -0.274. The summed E-state index contributed by atoms with van der Waals surface area (Å²) in [7, 11) is 1.92. The third kappa shape index (κ3) is 5.05. The molecule has 0 saturated heterocycles. The maximum atomic E-state index is 14.6. The first-order valence-corrected chi connectivity index (χ1v) is 7.88. The van der Waals surface area contributed by atoms with E-state index in [1.807, 2.05) is 0 Å². The van der Waals surface area contributed by atoms with Crippen molar-refractivity contribution in [1.82, 2.24) is 0 Å². The summed E-state index contributed by atoms with van der Waals surface area (Å²) in [6, 6.07) is 2.80. The smallest absolute Gasteiger partial charge is 0.493 e. The third-order valence-electron chi connectivity index (χ3n) is 3.76. The molecule has 0 aliphatic carbocycles. The Bertz CT molecular complexity index is 951. The van der Waals surface area contributed by atoms with Crippen molar-refractivity contribution in [3.05, 3.63) is 46.8 Å². The maximum Gasteiger partial charge on any atom is 0.573 e. The Labute approximate surface area is 164 Å². The van der Waals surface area contributed by atoms with Crippen molar-refractivity contribution in [1.29, 1.82) is 0 Å². The lowest BCUT2D eigenvalue weighted by atomic mass is 10.0. The molecule has 0 aliphatic rings. The summed E-state index contributed by atoms with van der Waals surface area (Å²) in [5.41, 5.74) is -3.21. The summed E-state index contributed by atoms with van der Waals surface area (Å²) in [6.07, 6.45) is -9.99. The van der Waals surface area contributed by atoms with Crippen molar-refractivity contribution in [3.63, 3.8) is 0 Å². The Morgan fingerprint density at radius 1 is 0.933 bits per heavy atom. The van der Waals surface area contributed by atoms with Gasteiger partial charge in [0.15, 0.2) is 11.5 Å². The van der Waals surface area contributed by atoms with Gasteiger partial charge in [-0.1, -0.05) is 0 Å². The van der Waals surface area contributed by atoms with Crippen molar-refractivity contribution in [2.24, 2.45) is 0 Å². The zero-order valence-corrected chi connectivity index (χ0v) is 15.5. The van der Waals surface area contributed by atoms with Crippen LogP contribution in [0.3, 0.4) is 0 Å². The zero-order chi connectivity index (χ0) is 22.9. The van der Waals surface area contributed by atoms with Crippen LogP contribution in [-0.2, 0) is 10.9 Å². The van der Waals surface area contributed by atoms with Crippen LogP contribution < -0.4 is 14.2 Å². The number of methoxy groups -OCH3 is 2. The van der Waals surface area contributed by atoms with Gasteiger partial charge in [0, 0.05) is 6.07 Å². The van der Waals surface area contributed by atoms with Gasteiger partial charge in [-0.25, -0.2) is 9.18 Å². The van der Waals surface area contributed by atoms with Crippen LogP contribution in [0.25, 0.3) is 0 Å². The molecule has 164 valence electrons. The highest BCUT2D eigenvalue weighted by atomic mass is 19.4. The van der Waals surface area contributed by atoms with E-state index in [1.54, 1.807) is 0 Å². The summed E-state index contributed by atoms with van der Waals surface area (Å²) in [4.78, 5) is 11.9. The minimum atomic E-state index is -5.01. The van der Waals surface area contributed by atoms with Crippen LogP contribution in [0.5, 0.6) is 23.0 Å². The van der Waals surface area contributed by atoms with Gasteiger partial charge in [-0.2, -0.15) is 13.2 Å². The molecule has 0 spiro atoms. The number of hydrogen-bond acceptors (Lipinski definition) is 5. The van der Waals surface area contributed by atoms with Gasteiger partial charge < -0.3 is 18.9 Å². The van der Waals surface area contributed by atoms with Crippen LogP contribution in [0.15, 0.2) is 24.3 Å². The van der Waals surface area contributed by atoms with Gasteiger partial charge in [0.25, 0.3) is 0 Å². The molecule has 0 aliphatic heterocycles. The van der Waals surface area contributed by atoms with Crippen LogP contribution in [-0.4, -0.2) is 26.6 Å². The molecule has 0 heterocycles. The molecule has 2 aromatic rings. The van der Waals surface area contributed by atoms with Crippen LogP contribution in [0.1, 0.15) is 21.5 Å². The molecule has 30 heavy (non-hydrogen) atoms. The molecule has 2 aromatic carbocycles. The molecule has 0 unspecified atom stereocenters. The first-order chi connectivity index (χ1) is 13.8. The zero-order valence-electron chi connectivity index (χ0n) is 15.5.